The molecular weight excluding hydrogens is 864 g/mol. The molecule has 0 radical (unpaired) electrons. The summed E-state index contributed by atoms with van der Waals surface area (Å²) in [7, 11) is 0. The average molecular weight is 877 g/mol. The standard InChI is InChI=1S/C4H7O.C3H5O.I3.2W/c1-4(2)3-5;1-2-3-4;1-3-2;;/h4H,1-2H3;2H2,1H3;;;/q3*-1;;. The van der Waals surface area contributed by atoms with Crippen molar-refractivity contribution in [1.82, 2.24) is 0 Å². The van der Waals surface area contributed by atoms with Gasteiger partial charge in [-0.15, -0.1) is 5.92 Å². The second-order valence-corrected chi connectivity index (χ2v) is 18.1. The van der Waals surface area contributed by atoms with Crippen LogP contribution in [0.4, 0.5) is 0 Å². The van der Waals surface area contributed by atoms with Gasteiger partial charge < -0.3 is 9.59 Å². The van der Waals surface area contributed by atoms with Gasteiger partial charge in [-0.05, 0) is 0 Å². The van der Waals surface area contributed by atoms with Gasteiger partial charge in [0, 0.05) is 42.1 Å². The van der Waals surface area contributed by atoms with Crippen LogP contribution in [0.15, 0.2) is 0 Å². The zero-order valence-electron chi connectivity index (χ0n) is 8.05. The van der Waals surface area contributed by atoms with Crippen molar-refractivity contribution in [2.45, 2.75) is 27.2 Å². The summed E-state index contributed by atoms with van der Waals surface area (Å²) >= 11 is 5.30. The smallest absolute Gasteiger partial charge is 0 e. The van der Waals surface area contributed by atoms with Crippen LogP contribution in [0, 0.1) is 5.92 Å². The van der Waals surface area contributed by atoms with Crippen LogP contribution in [-0.2, 0) is 51.7 Å². The van der Waals surface area contributed by atoms with Crippen LogP contribution >= 0.6 is 37.2 Å². The molecular formula is C7H12I3O2W2-3. The van der Waals surface area contributed by atoms with E-state index >= 15 is 0 Å². The van der Waals surface area contributed by atoms with E-state index in [1.165, 1.54) is 0 Å². The number of halogens is 3. The van der Waals surface area contributed by atoms with Crippen LogP contribution in [-0.4, -0.2) is 12.6 Å². The maximum Gasteiger partial charge on any atom is 0 e. The summed E-state index contributed by atoms with van der Waals surface area (Å²) < 4.78 is 0. The third-order valence-corrected chi connectivity index (χ3v) is 0.380. The van der Waals surface area contributed by atoms with Gasteiger partial charge in [0.05, 0.1) is 0 Å². The van der Waals surface area contributed by atoms with Crippen LogP contribution < -0.4 is 13.3 Å². The number of carbonyl (C=O) groups excluding carboxylic acids is 2. The fourth-order valence-corrected chi connectivity index (χ4v) is 0. The topological polar surface area (TPSA) is 34.1 Å². The Hall–Kier alpha value is 2.91. The molecule has 0 fully saturated rings. The predicted molar refractivity (Wildman–Crippen MR) is 64.6 cm³/mol. The van der Waals surface area contributed by atoms with E-state index in [-0.39, 0.29) is 48.0 Å². The minimum atomic E-state index is 0. The molecule has 0 saturated carbocycles. The van der Waals surface area contributed by atoms with Gasteiger partial charge in [0.2, 0.25) is 0 Å². The quantitative estimate of drug-likeness (QED) is 0.291. The molecule has 2 nitrogen and oxygen atoms in total. The third-order valence-electron chi connectivity index (χ3n) is 0.380. The van der Waals surface area contributed by atoms with Gasteiger partial charge in [0.25, 0.3) is 0 Å². The molecule has 0 atom stereocenters. The maximum atomic E-state index is 9.38. The first-order chi connectivity index (χ1) is 5.60. The molecule has 0 heterocycles. The summed E-state index contributed by atoms with van der Waals surface area (Å²) in [6.07, 6.45) is 3.97. The van der Waals surface area contributed by atoms with Crippen molar-refractivity contribution in [2.75, 3.05) is 0 Å². The fourth-order valence-electron chi connectivity index (χ4n) is 0. The molecule has 0 N–H and O–H groups in total. The number of hydrogen-bond acceptors (Lipinski definition) is 2. The van der Waals surface area contributed by atoms with E-state index in [1.807, 2.05) is 0 Å². The van der Waals surface area contributed by atoms with E-state index in [4.69, 9.17) is 4.79 Å². The van der Waals surface area contributed by atoms with Crippen LogP contribution in [0.2, 0.25) is 0 Å². The van der Waals surface area contributed by atoms with Gasteiger partial charge in [0.15, 0.2) is 0 Å². The second kappa shape index (κ2) is 36.0. The Bertz CT molecular complexity index is 95.0. The zero-order chi connectivity index (χ0) is 10.4. The molecule has 0 spiro atoms. The first-order valence-corrected chi connectivity index (χ1v) is 15.8. The molecule has 0 bridgehead atoms. The summed E-state index contributed by atoms with van der Waals surface area (Å²) in [4.78, 5) is 18.4. The normalized spacial score (nSPS) is 6.43. The Morgan fingerprint density at radius 2 is 1.36 bits per heavy atom. The Morgan fingerprint density at radius 1 is 1.21 bits per heavy atom. The molecule has 0 amide bonds. The molecule has 0 aliphatic rings. The minimum Gasteiger partial charge on any atom is 0 e. The Morgan fingerprint density at radius 3 is 1.36 bits per heavy atom. The van der Waals surface area contributed by atoms with Crippen molar-refractivity contribution in [3.63, 3.8) is 0 Å². The molecule has 0 aromatic carbocycles. The van der Waals surface area contributed by atoms with Gasteiger partial charge in [-0.1, -0.05) is 20.8 Å². The van der Waals surface area contributed by atoms with E-state index in [0.29, 0.717) is 19.7 Å². The van der Waals surface area contributed by atoms with Crippen molar-refractivity contribution in [3.8, 4) is 0 Å². The molecule has 14 heavy (non-hydrogen) atoms. The van der Waals surface area contributed by atoms with E-state index in [0.717, 1.165) is 0 Å². The van der Waals surface area contributed by atoms with E-state index in [1.54, 1.807) is 33.3 Å². The van der Waals surface area contributed by atoms with Gasteiger partial charge in [-0.2, -0.15) is 6.42 Å². The number of hydrogen-bond donors (Lipinski definition) is 0. The first-order valence-electron chi connectivity index (χ1n) is 3.20. The maximum absolute atomic E-state index is 9.38. The molecule has 0 rings (SSSR count). The van der Waals surface area contributed by atoms with Crippen molar-refractivity contribution in [3.05, 3.63) is 0 Å². The monoisotopic (exact) mass is 877 g/mol. The average Bonchev–Trinajstić information content (AvgIpc) is 2.06. The Balaban J connectivity index is -0.0000000278. The van der Waals surface area contributed by atoms with E-state index in [9.17, 15) is 4.79 Å². The van der Waals surface area contributed by atoms with Crippen molar-refractivity contribution in [1.29, 1.82) is 0 Å². The van der Waals surface area contributed by atoms with Crippen LogP contribution in [0.1, 0.15) is 27.2 Å². The van der Waals surface area contributed by atoms with E-state index in [2.05, 4.69) is 37.2 Å². The van der Waals surface area contributed by atoms with Crippen LogP contribution in [0.3, 0.4) is 0 Å². The van der Waals surface area contributed by atoms with Crippen molar-refractivity contribution in [2.24, 2.45) is 5.92 Å². The molecule has 0 aromatic heterocycles. The molecule has 7 heteroatoms. The molecule has 0 aliphatic carbocycles. The van der Waals surface area contributed by atoms with Gasteiger partial charge in [-0.3, -0.25) is 12.6 Å². The Labute approximate surface area is 145 Å². The summed E-state index contributed by atoms with van der Waals surface area (Å²) in [5, 5.41) is 0. The Kier molecular flexibility index (Phi) is 77.6. The van der Waals surface area contributed by atoms with Crippen molar-refractivity contribution >= 4 is 49.8 Å². The third kappa shape index (κ3) is 82.6. The summed E-state index contributed by atoms with van der Waals surface area (Å²) in [5.74, 6) is 0.0787. The number of rotatable bonds is 2. The van der Waals surface area contributed by atoms with E-state index < -0.39 is 0 Å². The summed E-state index contributed by atoms with van der Waals surface area (Å²) in [6.45, 7) is 5.35. The molecule has 0 unspecified atom stereocenters. The first kappa shape index (κ1) is 30.2. The van der Waals surface area contributed by atoms with Crippen molar-refractivity contribution < 1.29 is 65.0 Å². The molecule has 0 saturated heterocycles. The summed E-state index contributed by atoms with van der Waals surface area (Å²) in [6, 6.07) is 0. The van der Waals surface area contributed by atoms with Crippen LogP contribution in [0.5, 0.6) is 0 Å². The van der Waals surface area contributed by atoms with Gasteiger partial charge >= 0.3 is 50.5 Å². The van der Waals surface area contributed by atoms with Crippen LogP contribution in [0.25, 0.3) is 0 Å². The molecule has 0 aliphatic heterocycles. The zero-order valence-corrected chi connectivity index (χ0v) is 20.4. The molecule has 88 valence electrons. The predicted octanol–water partition coefficient (Wildman–Crippen LogP) is 0.0286. The SMILES string of the molecule is CC(C)[C-]=O.CC[C-]=O.I[I-]I.[W].[W]. The minimum absolute atomic E-state index is 0. The fraction of sp³-hybridized carbons (Fsp3) is 0.714. The van der Waals surface area contributed by atoms with Gasteiger partial charge in [-0.25, -0.2) is 0 Å². The summed E-state index contributed by atoms with van der Waals surface area (Å²) in [5.41, 5.74) is 0. The second-order valence-electron chi connectivity index (χ2n) is 1.82. The molecule has 0 aromatic rings. The largest absolute Gasteiger partial charge is 0 e. The van der Waals surface area contributed by atoms with Gasteiger partial charge in [0.1, 0.15) is 0 Å².